The summed E-state index contributed by atoms with van der Waals surface area (Å²) in [5.74, 6) is -1.91. The summed E-state index contributed by atoms with van der Waals surface area (Å²) in [4.78, 5) is 21.2. The van der Waals surface area contributed by atoms with Gasteiger partial charge in [-0.15, -0.1) is 0 Å². The van der Waals surface area contributed by atoms with Crippen LogP contribution in [0.1, 0.15) is 67.6 Å². The topological polar surface area (TPSA) is 54.9 Å². The van der Waals surface area contributed by atoms with Crippen LogP contribution in [0.15, 0.2) is 42.7 Å². The monoisotopic (exact) mass is 467 g/mol. The Balaban J connectivity index is 1.64. The molecule has 1 aliphatic rings. The van der Waals surface area contributed by atoms with Gasteiger partial charge in [-0.2, -0.15) is 0 Å². The van der Waals surface area contributed by atoms with Gasteiger partial charge >= 0.3 is 0 Å². The van der Waals surface area contributed by atoms with Crippen LogP contribution >= 0.6 is 0 Å². The number of carbonyl (C=O) groups is 1. The third kappa shape index (κ3) is 4.98. The zero-order valence-electron chi connectivity index (χ0n) is 19.5. The summed E-state index contributed by atoms with van der Waals surface area (Å²) in [6.07, 6.45) is 6.93. The van der Waals surface area contributed by atoms with Gasteiger partial charge in [-0.05, 0) is 84.9 Å². The van der Waals surface area contributed by atoms with Crippen molar-refractivity contribution < 1.29 is 18.0 Å². The first-order chi connectivity index (χ1) is 16.3. The number of halogens is 3. The maximum atomic E-state index is 14.6. The molecular weight excluding hydrogens is 439 g/mol. The second-order valence-electron chi connectivity index (χ2n) is 9.35. The van der Waals surface area contributed by atoms with Crippen LogP contribution in [0.4, 0.5) is 18.9 Å². The normalized spacial score (nSPS) is 20.2. The number of carbonyl (C=O) groups excluding carboxylic acids is 1. The molecule has 1 N–H and O–H groups in total. The third-order valence-electron chi connectivity index (χ3n) is 6.55. The van der Waals surface area contributed by atoms with E-state index in [1.807, 2.05) is 6.07 Å². The molecule has 2 aromatic heterocycles. The number of nitrogens with one attached hydrogen (secondary N) is 1. The number of hydrogen-bond acceptors (Lipinski definition) is 3. The zero-order valence-corrected chi connectivity index (χ0v) is 19.5. The minimum Gasteiger partial charge on any atom is -0.319 e. The molecule has 1 saturated carbocycles. The summed E-state index contributed by atoms with van der Waals surface area (Å²) in [7, 11) is 0. The lowest BCUT2D eigenvalue weighted by Crippen LogP contribution is -2.21. The lowest BCUT2D eigenvalue weighted by atomic mass is 9.74. The molecule has 0 bridgehead atoms. The average Bonchev–Trinajstić information content (AvgIpc) is 2.79. The molecule has 4 nitrogen and oxygen atoms in total. The molecule has 2 atom stereocenters. The van der Waals surface area contributed by atoms with Crippen LogP contribution in [0.3, 0.4) is 0 Å². The summed E-state index contributed by atoms with van der Waals surface area (Å²) in [5, 5.41) is 2.83. The quantitative estimate of drug-likeness (QED) is 0.443. The fourth-order valence-electron chi connectivity index (χ4n) is 5.05. The smallest absolute Gasteiger partial charge is 0.274 e. The van der Waals surface area contributed by atoms with Gasteiger partial charge in [-0.25, -0.2) is 18.2 Å². The van der Waals surface area contributed by atoms with Gasteiger partial charge in [0.1, 0.15) is 28.8 Å². The van der Waals surface area contributed by atoms with E-state index < -0.39 is 34.6 Å². The van der Waals surface area contributed by atoms with E-state index in [9.17, 15) is 18.0 Å². The molecule has 178 valence electrons. The molecule has 1 aromatic carbocycles. The van der Waals surface area contributed by atoms with Crippen molar-refractivity contribution >= 4 is 11.6 Å². The van der Waals surface area contributed by atoms with Crippen LogP contribution in [-0.2, 0) is 6.42 Å². The minimum atomic E-state index is -0.920. The highest BCUT2D eigenvalue weighted by Crippen LogP contribution is 2.41. The van der Waals surface area contributed by atoms with Crippen molar-refractivity contribution in [3.63, 3.8) is 0 Å². The van der Waals surface area contributed by atoms with Gasteiger partial charge in [-0.3, -0.25) is 9.78 Å². The molecule has 7 heteroatoms. The Morgan fingerprint density at radius 3 is 2.32 bits per heavy atom. The van der Waals surface area contributed by atoms with Crippen molar-refractivity contribution in [3.8, 4) is 11.3 Å². The van der Waals surface area contributed by atoms with Gasteiger partial charge in [0.15, 0.2) is 0 Å². The Bertz CT molecular complexity index is 1180. The second kappa shape index (κ2) is 9.95. The first-order valence-electron chi connectivity index (χ1n) is 11.7. The molecule has 0 saturated heterocycles. The number of amides is 1. The minimum absolute atomic E-state index is 0.144. The zero-order chi connectivity index (χ0) is 24.4. The fourth-order valence-corrected chi connectivity index (χ4v) is 5.05. The van der Waals surface area contributed by atoms with E-state index in [1.54, 1.807) is 19.3 Å². The fraction of sp³-hybridized carbons (Fsp3) is 0.370. The Morgan fingerprint density at radius 1 is 1.00 bits per heavy atom. The first-order valence-corrected chi connectivity index (χ1v) is 11.7. The highest BCUT2D eigenvalue weighted by atomic mass is 19.1. The summed E-state index contributed by atoms with van der Waals surface area (Å²) in [6.45, 7) is 6.23. The maximum Gasteiger partial charge on any atom is 0.274 e. The third-order valence-corrected chi connectivity index (χ3v) is 6.55. The van der Waals surface area contributed by atoms with Crippen LogP contribution in [0.2, 0.25) is 0 Å². The summed E-state index contributed by atoms with van der Waals surface area (Å²) in [6, 6.07) is 6.42. The molecule has 1 aliphatic carbocycles. The second-order valence-corrected chi connectivity index (χ2v) is 9.35. The molecule has 3 aromatic rings. The largest absolute Gasteiger partial charge is 0.319 e. The lowest BCUT2D eigenvalue weighted by Gasteiger charge is -2.32. The maximum absolute atomic E-state index is 14.6. The highest BCUT2D eigenvalue weighted by molar-refractivity contribution is 6.03. The molecule has 0 spiro atoms. The van der Waals surface area contributed by atoms with E-state index in [4.69, 9.17) is 0 Å². The number of nitrogens with zero attached hydrogens (tertiary/aromatic N) is 2. The van der Waals surface area contributed by atoms with E-state index in [2.05, 4.69) is 29.1 Å². The molecule has 0 aliphatic heterocycles. The van der Waals surface area contributed by atoms with E-state index in [0.717, 1.165) is 36.6 Å². The highest BCUT2D eigenvalue weighted by Gasteiger charge is 2.27. The molecule has 2 unspecified atom stereocenters. The standard InChI is InChI=1S/C27H28F3N3O/c1-4-17-12-21(29)25(22(30)13-17)26-20(28)5-6-23(32-26)27(34)33-24-14-31-8-7-19(24)18-10-15(2)9-16(3)11-18/h5-8,12-16,18H,4,9-11H2,1-3H3,(H,33,34). The van der Waals surface area contributed by atoms with Gasteiger partial charge in [0.05, 0.1) is 17.4 Å². The van der Waals surface area contributed by atoms with Crippen molar-refractivity contribution in [2.45, 2.75) is 52.4 Å². The van der Waals surface area contributed by atoms with Crippen LogP contribution in [-0.4, -0.2) is 15.9 Å². The number of pyridine rings is 2. The summed E-state index contributed by atoms with van der Waals surface area (Å²) < 4.78 is 43.8. The van der Waals surface area contributed by atoms with Crippen LogP contribution < -0.4 is 5.32 Å². The van der Waals surface area contributed by atoms with E-state index in [0.29, 0.717) is 29.5 Å². The molecule has 2 heterocycles. The SMILES string of the molecule is CCc1cc(F)c(-c2nc(C(=O)Nc3cnccc3C3CC(C)CC(C)C3)ccc2F)c(F)c1. The van der Waals surface area contributed by atoms with Crippen molar-refractivity contribution in [1.82, 2.24) is 9.97 Å². The lowest BCUT2D eigenvalue weighted by molar-refractivity contribution is 0.102. The van der Waals surface area contributed by atoms with E-state index in [1.165, 1.54) is 12.5 Å². The molecular formula is C27H28F3N3O. The van der Waals surface area contributed by atoms with Crippen molar-refractivity contribution in [2.24, 2.45) is 11.8 Å². The number of aromatic nitrogens is 2. The van der Waals surface area contributed by atoms with Gasteiger partial charge < -0.3 is 5.32 Å². The Hall–Kier alpha value is -3.22. The molecule has 1 amide bonds. The first kappa shape index (κ1) is 23.9. The number of benzene rings is 1. The van der Waals surface area contributed by atoms with Crippen molar-refractivity contribution in [1.29, 1.82) is 0 Å². The van der Waals surface area contributed by atoms with E-state index >= 15 is 0 Å². The predicted molar refractivity (Wildman–Crippen MR) is 126 cm³/mol. The van der Waals surface area contributed by atoms with Crippen LogP contribution in [0.5, 0.6) is 0 Å². The molecule has 34 heavy (non-hydrogen) atoms. The molecule has 4 rings (SSSR count). The Kier molecular flexibility index (Phi) is 7.00. The number of anilines is 1. The summed E-state index contributed by atoms with van der Waals surface area (Å²) in [5.41, 5.74) is 0.745. The summed E-state index contributed by atoms with van der Waals surface area (Å²) >= 11 is 0. The van der Waals surface area contributed by atoms with Gasteiger partial charge in [-0.1, -0.05) is 20.8 Å². The predicted octanol–water partition coefficient (Wildman–Crippen LogP) is 6.92. The number of rotatable bonds is 5. The molecule has 0 radical (unpaired) electrons. The average molecular weight is 468 g/mol. The van der Waals surface area contributed by atoms with Crippen LogP contribution in [0.25, 0.3) is 11.3 Å². The van der Waals surface area contributed by atoms with Gasteiger partial charge in [0.2, 0.25) is 0 Å². The van der Waals surface area contributed by atoms with Crippen molar-refractivity contribution in [3.05, 3.63) is 77.0 Å². The van der Waals surface area contributed by atoms with Gasteiger partial charge in [0.25, 0.3) is 5.91 Å². The Labute approximate surface area is 197 Å². The van der Waals surface area contributed by atoms with Crippen LogP contribution in [0, 0.1) is 29.3 Å². The van der Waals surface area contributed by atoms with E-state index in [-0.39, 0.29) is 11.6 Å². The van der Waals surface area contributed by atoms with Gasteiger partial charge in [0, 0.05) is 6.20 Å². The Morgan fingerprint density at radius 2 is 1.68 bits per heavy atom. The number of aryl methyl sites for hydroxylation is 1. The molecule has 1 fully saturated rings. The van der Waals surface area contributed by atoms with Crippen molar-refractivity contribution in [2.75, 3.05) is 5.32 Å². The number of hydrogen-bond donors (Lipinski definition) is 1.